The number of hydrogen-bond acceptors (Lipinski definition) is 7. The van der Waals surface area contributed by atoms with Crippen LogP contribution in [0.25, 0.3) is 0 Å². The monoisotopic (exact) mass is 499 g/mol. The summed E-state index contributed by atoms with van der Waals surface area (Å²) in [4.78, 5) is 10.9. The lowest BCUT2D eigenvalue weighted by Gasteiger charge is -2.38. The Kier molecular flexibility index (Phi) is 5.71. The molecule has 2 aliphatic heterocycles. The van der Waals surface area contributed by atoms with E-state index >= 15 is 0 Å². The zero-order chi connectivity index (χ0) is 24.0. The van der Waals surface area contributed by atoms with E-state index in [0.717, 1.165) is 16.8 Å². The SMILES string of the molecule is COc1ccc(C2=NN3[C@H](C2)c2cc(Cl)cc(Cl)c2O[C@H]3c2cccc([N+](=O)[O-])c2)cc1OC. The van der Waals surface area contributed by atoms with Crippen molar-refractivity contribution in [3.8, 4) is 17.2 Å². The van der Waals surface area contributed by atoms with Gasteiger partial charge in [0.1, 0.15) is 5.75 Å². The summed E-state index contributed by atoms with van der Waals surface area (Å²) >= 11 is 12.8. The van der Waals surface area contributed by atoms with Gasteiger partial charge in [-0.25, -0.2) is 5.01 Å². The number of fused-ring (bicyclic) bond motifs is 3. The molecule has 10 heteroatoms. The van der Waals surface area contributed by atoms with E-state index in [1.54, 1.807) is 37.4 Å². The van der Waals surface area contributed by atoms with E-state index in [-0.39, 0.29) is 11.7 Å². The van der Waals surface area contributed by atoms with Crippen LogP contribution in [-0.2, 0) is 0 Å². The van der Waals surface area contributed by atoms with Gasteiger partial charge in [0.15, 0.2) is 11.5 Å². The predicted octanol–water partition coefficient (Wildman–Crippen LogP) is 6.16. The third-order valence-electron chi connectivity index (χ3n) is 5.89. The maximum absolute atomic E-state index is 11.4. The second-order valence-corrected chi connectivity index (χ2v) is 8.69. The van der Waals surface area contributed by atoms with Gasteiger partial charge >= 0.3 is 0 Å². The zero-order valence-electron chi connectivity index (χ0n) is 18.2. The minimum Gasteiger partial charge on any atom is -0.493 e. The van der Waals surface area contributed by atoms with Crippen molar-refractivity contribution in [2.75, 3.05) is 14.2 Å². The molecule has 0 saturated carbocycles. The highest BCUT2D eigenvalue weighted by molar-refractivity contribution is 6.35. The lowest BCUT2D eigenvalue weighted by Crippen LogP contribution is -2.33. The molecule has 0 aliphatic carbocycles. The molecular formula is C24H19Cl2N3O5. The van der Waals surface area contributed by atoms with Crippen molar-refractivity contribution in [2.45, 2.75) is 18.7 Å². The standard InChI is InChI=1S/C24H19Cl2N3O5/c1-32-21-7-6-13(9-22(21)33-2)19-12-20-17-10-15(25)11-18(26)23(17)34-24(28(20)27-19)14-4-3-5-16(8-14)29(30)31/h3-11,20,24H,12H2,1-2H3/t20-,24+/m1/s1. The second kappa shape index (κ2) is 8.70. The van der Waals surface area contributed by atoms with Crippen molar-refractivity contribution in [1.82, 2.24) is 5.01 Å². The van der Waals surface area contributed by atoms with E-state index in [1.807, 2.05) is 24.3 Å². The molecule has 3 aromatic rings. The van der Waals surface area contributed by atoms with Crippen molar-refractivity contribution in [1.29, 1.82) is 0 Å². The summed E-state index contributed by atoms with van der Waals surface area (Å²) in [6.07, 6.45) is -0.165. The molecule has 0 saturated heterocycles. The average molecular weight is 500 g/mol. The van der Waals surface area contributed by atoms with Crippen LogP contribution in [0.2, 0.25) is 10.0 Å². The molecule has 8 nitrogen and oxygen atoms in total. The minimum atomic E-state index is -0.714. The highest BCUT2D eigenvalue weighted by Crippen LogP contribution is 2.51. The van der Waals surface area contributed by atoms with Crippen molar-refractivity contribution in [2.24, 2.45) is 5.10 Å². The number of non-ortho nitro benzene ring substituents is 1. The summed E-state index contributed by atoms with van der Waals surface area (Å²) in [5.74, 6) is 1.70. The fourth-order valence-corrected chi connectivity index (χ4v) is 4.87. The summed E-state index contributed by atoms with van der Waals surface area (Å²) in [5, 5.41) is 18.9. The number of nitrogens with zero attached hydrogens (tertiary/aromatic N) is 3. The Morgan fingerprint density at radius 2 is 1.88 bits per heavy atom. The van der Waals surface area contributed by atoms with Crippen molar-refractivity contribution >= 4 is 34.6 Å². The molecule has 34 heavy (non-hydrogen) atoms. The molecule has 0 spiro atoms. The number of benzene rings is 3. The Morgan fingerprint density at radius 3 is 2.62 bits per heavy atom. The van der Waals surface area contributed by atoms with Crippen LogP contribution in [0.5, 0.6) is 17.2 Å². The number of methoxy groups -OCH3 is 2. The molecule has 2 heterocycles. The summed E-state index contributed by atoms with van der Waals surface area (Å²) < 4.78 is 17.1. The van der Waals surface area contributed by atoms with Crippen LogP contribution in [-0.4, -0.2) is 29.9 Å². The molecule has 0 unspecified atom stereocenters. The van der Waals surface area contributed by atoms with Gasteiger partial charge in [-0.05, 0) is 30.3 Å². The van der Waals surface area contributed by atoms with Crippen LogP contribution < -0.4 is 14.2 Å². The van der Waals surface area contributed by atoms with Gasteiger partial charge in [-0.1, -0.05) is 35.3 Å². The Bertz CT molecular complexity index is 1330. The normalized spacial score (nSPS) is 18.5. The van der Waals surface area contributed by atoms with E-state index in [4.69, 9.17) is 42.5 Å². The lowest BCUT2D eigenvalue weighted by molar-refractivity contribution is -0.385. The fourth-order valence-electron chi connectivity index (χ4n) is 4.32. The van der Waals surface area contributed by atoms with Crippen LogP contribution in [0.3, 0.4) is 0 Å². The van der Waals surface area contributed by atoms with E-state index in [1.165, 1.54) is 12.1 Å². The minimum absolute atomic E-state index is 0.0334. The van der Waals surface area contributed by atoms with Crippen LogP contribution >= 0.6 is 23.2 Å². The van der Waals surface area contributed by atoms with Gasteiger partial charge in [-0.3, -0.25) is 10.1 Å². The quantitative estimate of drug-likeness (QED) is 0.308. The molecule has 0 bridgehead atoms. The Balaban J connectivity index is 1.62. The molecule has 2 aliphatic rings. The maximum Gasteiger partial charge on any atom is 0.269 e. The van der Waals surface area contributed by atoms with E-state index < -0.39 is 11.2 Å². The number of rotatable bonds is 5. The first-order valence-corrected chi connectivity index (χ1v) is 11.1. The summed E-state index contributed by atoms with van der Waals surface area (Å²) in [5.41, 5.74) is 3.02. The van der Waals surface area contributed by atoms with Gasteiger partial charge < -0.3 is 14.2 Å². The molecule has 5 rings (SSSR count). The van der Waals surface area contributed by atoms with E-state index in [0.29, 0.717) is 39.3 Å². The van der Waals surface area contributed by atoms with Gasteiger partial charge in [0.2, 0.25) is 6.23 Å². The van der Waals surface area contributed by atoms with Gasteiger partial charge in [0.05, 0.1) is 35.9 Å². The third kappa shape index (κ3) is 3.78. The summed E-state index contributed by atoms with van der Waals surface area (Å²) in [7, 11) is 3.16. The van der Waals surface area contributed by atoms with Gasteiger partial charge in [-0.15, -0.1) is 0 Å². The molecule has 0 aromatic heterocycles. The molecule has 174 valence electrons. The van der Waals surface area contributed by atoms with Gasteiger partial charge in [0, 0.05) is 40.3 Å². The van der Waals surface area contributed by atoms with Crippen LogP contribution in [0.15, 0.2) is 59.7 Å². The van der Waals surface area contributed by atoms with E-state index in [2.05, 4.69) is 0 Å². The molecule has 0 N–H and O–H groups in total. The van der Waals surface area contributed by atoms with Crippen molar-refractivity contribution in [3.05, 3.63) is 91.4 Å². The van der Waals surface area contributed by atoms with Crippen LogP contribution in [0.4, 0.5) is 5.69 Å². The first-order valence-electron chi connectivity index (χ1n) is 10.4. The number of hydrogen-bond donors (Lipinski definition) is 0. The van der Waals surface area contributed by atoms with Crippen LogP contribution in [0, 0.1) is 10.1 Å². The topological polar surface area (TPSA) is 86.4 Å². The second-order valence-electron chi connectivity index (χ2n) is 7.84. The molecule has 0 radical (unpaired) electrons. The Hall–Kier alpha value is -3.49. The van der Waals surface area contributed by atoms with Crippen molar-refractivity contribution in [3.63, 3.8) is 0 Å². The first-order chi connectivity index (χ1) is 16.4. The van der Waals surface area contributed by atoms with Gasteiger partial charge in [-0.2, -0.15) is 5.10 Å². The number of ether oxygens (including phenoxy) is 3. The smallest absolute Gasteiger partial charge is 0.269 e. The largest absolute Gasteiger partial charge is 0.493 e. The van der Waals surface area contributed by atoms with E-state index in [9.17, 15) is 10.1 Å². The predicted molar refractivity (Wildman–Crippen MR) is 128 cm³/mol. The molecule has 0 fully saturated rings. The Morgan fingerprint density at radius 1 is 1.09 bits per heavy atom. The number of halogens is 2. The highest BCUT2D eigenvalue weighted by Gasteiger charge is 2.42. The molecular weight excluding hydrogens is 481 g/mol. The number of nitro benzene ring substituents is 1. The summed E-state index contributed by atoms with van der Waals surface area (Å²) in [6, 6.07) is 15.1. The van der Waals surface area contributed by atoms with Crippen LogP contribution in [0.1, 0.15) is 35.4 Å². The average Bonchev–Trinajstić information content (AvgIpc) is 3.29. The number of nitro groups is 1. The maximum atomic E-state index is 11.4. The third-order valence-corrected chi connectivity index (χ3v) is 6.39. The molecule has 2 atom stereocenters. The number of hydrazone groups is 1. The van der Waals surface area contributed by atoms with Gasteiger partial charge in [0.25, 0.3) is 5.69 Å². The lowest BCUT2D eigenvalue weighted by atomic mass is 9.95. The fraction of sp³-hybridized carbons (Fsp3) is 0.208. The zero-order valence-corrected chi connectivity index (χ0v) is 19.7. The summed E-state index contributed by atoms with van der Waals surface area (Å²) in [6.45, 7) is 0. The van der Waals surface area contributed by atoms with Crippen molar-refractivity contribution < 1.29 is 19.1 Å². The highest BCUT2D eigenvalue weighted by atomic mass is 35.5. The Labute approximate surface area is 205 Å². The molecule has 0 amide bonds. The first kappa shape index (κ1) is 22.3. The molecule has 3 aromatic carbocycles.